The number of hydrogen-bond acceptors (Lipinski definition) is 3. The third-order valence-corrected chi connectivity index (χ3v) is 2.56. The fraction of sp³-hybridized carbons (Fsp3) is 0.154. The van der Waals surface area contributed by atoms with Gasteiger partial charge in [0.15, 0.2) is 6.29 Å². The number of hydrogen-bond donors (Lipinski definition) is 0. The number of ether oxygens (including phenoxy) is 2. The summed E-state index contributed by atoms with van der Waals surface area (Å²) in [5, 5.41) is 1.67. The van der Waals surface area contributed by atoms with Crippen LogP contribution in [0.4, 0.5) is 0 Å². The monoisotopic (exact) mass is 216 g/mol. The molecule has 0 bridgehead atoms. The average molecular weight is 216 g/mol. The van der Waals surface area contributed by atoms with Gasteiger partial charge in [0.25, 0.3) is 0 Å². The largest absolute Gasteiger partial charge is 0.496 e. The Morgan fingerprint density at radius 1 is 1.00 bits per heavy atom. The van der Waals surface area contributed by atoms with Crippen molar-refractivity contribution in [3.8, 4) is 11.5 Å². The number of carbonyl (C=O) groups excluding carboxylic acids is 1. The van der Waals surface area contributed by atoms with Gasteiger partial charge in [-0.1, -0.05) is 18.2 Å². The maximum atomic E-state index is 11.0. The summed E-state index contributed by atoms with van der Waals surface area (Å²) in [4.78, 5) is 11.0. The van der Waals surface area contributed by atoms with Crippen molar-refractivity contribution in [3.05, 3.63) is 35.9 Å². The second kappa shape index (κ2) is 4.23. The van der Waals surface area contributed by atoms with E-state index in [0.717, 1.165) is 22.8 Å². The molecule has 82 valence electrons. The Morgan fingerprint density at radius 3 is 2.31 bits per heavy atom. The van der Waals surface area contributed by atoms with E-state index >= 15 is 0 Å². The van der Waals surface area contributed by atoms with E-state index in [-0.39, 0.29) is 0 Å². The lowest BCUT2D eigenvalue weighted by atomic mass is 10.0. The van der Waals surface area contributed by atoms with Gasteiger partial charge in [-0.25, -0.2) is 0 Å². The molecule has 0 aliphatic carbocycles. The van der Waals surface area contributed by atoms with E-state index in [1.165, 1.54) is 0 Å². The summed E-state index contributed by atoms with van der Waals surface area (Å²) in [5.74, 6) is 1.41. The van der Waals surface area contributed by atoms with Crippen LogP contribution in [0.3, 0.4) is 0 Å². The third-order valence-electron chi connectivity index (χ3n) is 2.56. The Labute approximate surface area is 93.6 Å². The normalized spacial score (nSPS) is 10.1. The van der Waals surface area contributed by atoms with Crippen molar-refractivity contribution < 1.29 is 14.3 Å². The zero-order chi connectivity index (χ0) is 11.5. The fourth-order valence-electron chi connectivity index (χ4n) is 1.82. The minimum atomic E-state index is 0.605. The molecule has 0 radical (unpaired) electrons. The number of rotatable bonds is 3. The first-order chi connectivity index (χ1) is 7.81. The van der Waals surface area contributed by atoms with E-state index < -0.39 is 0 Å². The van der Waals surface area contributed by atoms with Crippen LogP contribution in [0.15, 0.2) is 30.3 Å². The topological polar surface area (TPSA) is 35.5 Å². The molecule has 16 heavy (non-hydrogen) atoms. The molecule has 0 atom stereocenters. The van der Waals surface area contributed by atoms with E-state index in [1.54, 1.807) is 26.4 Å². The van der Waals surface area contributed by atoms with E-state index in [2.05, 4.69) is 0 Å². The van der Waals surface area contributed by atoms with Crippen LogP contribution >= 0.6 is 0 Å². The van der Waals surface area contributed by atoms with Crippen LogP contribution in [0, 0.1) is 0 Å². The highest BCUT2D eigenvalue weighted by Crippen LogP contribution is 2.34. The summed E-state index contributed by atoms with van der Waals surface area (Å²) in [6.07, 6.45) is 0.824. The number of methoxy groups -OCH3 is 2. The van der Waals surface area contributed by atoms with E-state index in [0.29, 0.717) is 11.3 Å². The number of carbonyl (C=O) groups is 1. The van der Waals surface area contributed by atoms with Gasteiger partial charge in [0.2, 0.25) is 0 Å². The molecule has 2 aromatic carbocycles. The van der Waals surface area contributed by atoms with Gasteiger partial charge in [-0.15, -0.1) is 0 Å². The molecule has 2 rings (SSSR count). The van der Waals surface area contributed by atoms with E-state index in [9.17, 15) is 4.79 Å². The maximum Gasteiger partial charge on any atom is 0.150 e. The van der Waals surface area contributed by atoms with Gasteiger partial charge >= 0.3 is 0 Å². The molecule has 0 aliphatic heterocycles. The second-order valence-corrected chi connectivity index (χ2v) is 3.36. The van der Waals surface area contributed by atoms with Crippen molar-refractivity contribution in [2.24, 2.45) is 0 Å². The van der Waals surface area contributed by atoms with E-state index in [1.807, 2.05) is 18.2 Å². The highest BCUT2D eigenvalue weighted by molar-refractivity contribution is 6.04. The van der Waals surface area contributed by atoms with Crippen LogP contribution in [-0.2, 0) is 0 Å². The SMILES string of the molecule is COc1ccc(OC)c2c(C=O)cccc12. The van der Waals surface area contributed by atoms with Crippen LogP contribution in [0.2, 0.25) is 0 Å². The quantitative estimate of drug-likeness (QED) is 0.740. The highest BCUT2D eigenvalue weighted by atomic mass is 16.5. The first-order valence-corrected chi connectivity index (χ1v) is 4.90. The summed E-state index contributed by atoms with van der Waals surface area (Å²) in [7, 11) is 3.19. The first-order valence-electron chi connectivity index (χ1n) is 4.90. The number of fused-ring (bicyclic) bond motifs is 1. The first kappa shape index (κ1) is 10.5. The lowest BCUT2D eigenvalue weighted by Gasteiger charge is -2.10. The van der Waals surface area contributed by atoms with Crippen LogP contribution in [-0.4, -0.2) is 20.5 Å². The van der Waals surface area contributed by atoms with Gasteiger partial charge in [-0.2, -0.15) is 0 Å². The lowest BCUT2D eigenvalue weighted by Crippen LogP contribution is -1.92. The van der Waals surface area contributed by atoms with Crippen molar-refractivity contribution in [1.29, 1.82) is 0 Å². The molecule has 0 heterocycles. The van der Waals surface area contributed by atoms with Crippen molar-refractivity contribution in [2.45, 2.75) is 0 Å². The molecular formula is C13H12O3. The van der Waals surface area contributed by atoms with Gasteiger partial charge in [0.1, 0.15) is 11.5 Å². The standard InChI is InChI=1S/C13H12O3/c1-15-11-6-7-12(16-2)13-9(8-14)4-3-5-10(11)13/h3-8H,1-2H3. The maximum absolute atomic E-state index is 11.0. The van der Waals surface area contributed by atoms with Crippen molar-refractivity contribution in [3.63, 3.8) is 0 Å². The molecule has 0 aromatic heterocycles. The Kier molecular flexibility index (Phi) is 2.77. The van der Waals surface area contributed by atoms with Crippen LogP contribution in [0.1, 0.15) is 10.4 Å². The second-order valence-electron chi connectivity index (χ2n) is 3.36. The van der Waals surface area contributed by atoms with Crippen LogP contribution < -0.4 is 9.47 Å². The minimum absolute atomic E-state index is 0.605. The zero-order valence-corrected chi connectivity index (χ0v) is 9.19. The molecule has 0 saturated carbocycles. The van der Waals surface area contributed by atoms with Crippen molar-refractivity contribution in [2.75, 3.05) is 14.2 Å². The predicted molar refractivity (Wildman–Crippen MR) is 62.4 cm³/mol. The van der Waals surface area contributed by atoms with E-state index in [4.69, 9.17) is 9.47 Å². The predicted octanol–water partition coefficient (Wildman–Crippen LogP) is 2.67. The summed E-state index contributed by atoms with van der Waals surface area (Å²) < 4.78 is 10.5. The van der Waals surface area contributed by atoms with Crippen LogP contribution in [0.25, 0.3) is 10.8 Å². The molecular weight excluding hydrogens is 204 g/mol. The Hall–Kier alpha value is -2.03. The van der Waals surface area contributed by atoms with Crippen LogP contribution in [0.5, 0.6) is 11.5 Å². The Morgan fingerprint density at radius 2 is 1.69 bits per heavy atom. The zero-order valence-electron chi connectivity index (χ0n) is 9.19. The Balaban J connectivity index is 2.89. The molecule has 3 heteroatoms. The fourth-order valence-corrected chi connectivity index (χ4v) is 1.82. The summed E-state index contributed by atoms with van der Waals surface area (Å²) >= 11 is 0. The number of benzene rings is 2. The van der Waals surface area contributed by atoms with Gasteiger partial charge in [-0.05, 0) is 12.1 Å². The molecule has 0 unspecified atom stereocenters. The molecule has 0 saturated heterocycles. The molecule has 0 aliphatic rings. The Bertz CT molecular complexity index is 532. The average Bonchev–Trinajstić information content (AvgIpc) is 2.36. The summed E-state index contributed by atoms with van der Waals surface area (Å²) in [6.45, 7) is 0. The molecule has 3 nitrogen and oxygen atoms in total. The van der Waals surface area contributed by atoms with Gasteiger partial charge in [-0.3, -0.25) is 4.79 Å². The third kappa shape index (κ3) is 1.50. The molecule has 0 amide bonds. The molecule has 0 N–H and O–H groups in total. The minimum Gasteiger partial charge on any atom is -0.496 e. The smallest absolute Gasteiger partial charge is 0.150 e. The molecule has 2 aromatic rings. The number of aldehydes is 1. The van der Waals surface area contributed by atoms with Gasteiger partial charge in [0, 0.05) is 16.3 Å². The van der Waals surface area contributed by atoms with Gasteiger partial charge in [0.05, 0.1) is 14.2 Å². The summed E-state index contributed by atoms with van der Waals surface area (Å²) in [5.41, 5.74) is 0.605. The molecule has 0 spiro atoms. The van der Waals surface area contributed by atoms with Crippen molar-refractivity contribution in [1.82, 2.24) is 0 Å². The summed E-state index contributed by atoms with van der Waals surface area (Å²) in [6, 6.07) is 9.12. The highest BCUT2D eigenvalue weighted by Gasteiger charge is 2.10. The van der Waals surface area contributed by atoms with Gasteiger partial charge < -0.3 is 9.47 Å². The lowest BCUT2D eigenvalue weighted by molar-refractivity contribution is 0.112. The van der Waals surface area contributed by atoms with Crippen molar-refractivity contribution >= 4 is 17.1 Å². The molecule has 0 fully saturated rings.